The molecular weight excluding hydrogens is 272 g/mol. The summed E-state index contributed by atoms with van der Waals surface area (Å²) in [6, 6.07) is 8.82. The molecule has 0 bridgehead atoms. The van der Waals surface area contributed by atoms with Crippen molar-refractivity contribution in [3.63, 3.8) is 0 Å². The third kappa shape index (κ3) is 5.13. The van der Waals surface area contributed by atoms with Crippen LogP contribution in [0.1, 0.15) is 56.6 Å². The smallest absolute Gasteiger partial charge is 0.237 e. The van der Waals surface area contributed by atoms with E-state index in [0.717, 1.165) is 19.4 Å². The molecule has 3 nitrogen and oxygen atoms in total. The lowest BCUT2D eigenvalue weighted by molar-refractivity contribution is -0.126. The summed E-state index contributed by atoms with van der Waals surface area (Å²) in [4.78, 5) is 14.6. The molecule has 1 aliphatic rings. The first kappa shape index (κ1) is 17.0. The second-order valence-electron chi connectivity index (χ2n) is 6.77. The van der Waals surface area contributed by atoms with Crippen LogP contribution in [0.3, 0.4) is 0 Å². The highest BCUT2D eigenvalue weighted by Crippen LogP contribution is 2.17. The van der Waals surface area contributed by atoms with Crippen LogP contribution in [0.25, 0.3) is 0 Å². The molecule has 1 atom stereocenters. The Bertz CT molecular complexity index is 461. The minimum Gasteiger partial charge on any atom is -0.352 e. The summed E-state index contributed by atoms with van der Waals surface area (Å²) < 4.78 is 0. The van der Waals surface area contributed by atoms with Crippen LogP contribution in [0.2, 0.25) is 0 Å². The fraction of sp³-hybridized carbons (Fsp3) is 0.632. The maximum absolute atomic E-state index is 12.5. The predicted molar refractivity (Wildman–Crippen MR) is 91.7 cm³/mol. The van der Waals surface area contributed by atoms with E-state index in [4.69, 9.17) is 0 Å². The number of likely N-dealkylation sites (N-methyl/N-ethyl adjacent to an activating group) is 1. The quantitative estimate of drug-likeness (QED) is 0.842. The van der Waals surface area contributed by atoms with Gasteiger partial charge in [0, 0.05) is 12.6 Å². The molecule has 22 heavy (non-hydrogen) atoms. The predicted octanol–water partition coefficient (Wildman–Crippen LogP) is 3.65. The first-order valence-corrected chi connectivity index (χ1v) is 8.62. The average molecular weight is 302 g/mol. The molecule has 1 N–H and O–H groups in total. The summed E-state index contributed by atoms with van der Waals surface area (Å²) >= 11 is 0. The van der Waals surface area contributed by atoms with Gasteiger partial charge in [0.1, 0.15) is 0 Å². The monoisotopic (exact) mass is 302 g/mol. The molecule has 1 saturated carbocycles. The van der Waals surface area contributed by atoms with E-state index in [1.165, 1.54) is 36.8 Å². The second kappa shape index (κ2) is 8.33. The maximum atomic E-state index is 12.5. The van der Waals surface area contributed by atoms with Crippen LogP contribution in [0.5, 0.6) is 0 Å². The third-order valence-electron chi connectivity index (χ3n) is 4.79. The normalized spacial score (nSPS) is 18.0. The number of hydrogen-bond donors (Lipinski definition) is 1. The lowest BCUT2D eigenvalue weighted by Gasteiger charge is -2.26. The first-order chi connectivity index (χ1) is 10.6. The van der Waals surface area contributed by atoms with E-state index in [0.29, 0.717) is 6.04 Å². The molecule has 1 aliphatic carbocycles. The van der Waals surface area contributed by atoms with Gasteiger partial charge in [-0.05, 0) is 39.3 Å². The van der Waals surface area contributed by atoms with Crippen LogP contribution in [0.15, 0.2) is 24.3 Å². The van der Waals surface area contributed by atoms with E-state index in [2.05, 4.69) is 41.4 Å². The van der Waals surface area contributed by atoms with Gasteiger partial charge in [0.15, 0.2) is 0 Å². The lowest BCUT2D eigenvalue weighted by atomic mass is 10.1. The minimum absolute atomic E-state index is 0.0930. The molecule has 0 aliphatic heterocycles. The third-order valence-corrected chi connectivity index (χ3v) is 4.79. The van der Waals surface area contributed by atoms with Gasteiger partial charge in [-0.15, -0.1) is 0 Å². The topological polar surface area (TPSA) is 32.3 Å². The molecule has 1 amide bonds. The molecule has 1 unspecified atom stereocenters. The number of nitrogens with one attached hydrogen (secondary N) is 1. The number of carbonyl (C=O) groups excluding carboxylic acids is 1. The van der Waals surface area contributed by atoms with Crippen LogP contribution >= 0.6 is 0 Å². The van der Waals surface area contributed by atoms with E-state index >= 15 is 0 Å². The van der Waals surface area contributed by atoms with Crippen molar-refractivity contribution >= 4 is 5.91 Å². The van der Waals surface area contributed by atoms with E-state index in [1.807, 2.05) is 14.0 Å². The van der Waals surface area contributed by atoms with Crippen molar-refractivity contribution in [3.05, 3.63) is 35.4 Å². The molecule has 0 heterocycles. The maximum Gasteiger partial charge on any atom is 0.237 e. The Labute approximate surface area is 135 Å². The van der Waals surface area contributed by atoms with Gasteiger partial charge in [-0.1, -0.05) is 55.5 Å². The number of benzene rings is 1. The van der Waals surface area contributed by atoms with Crippen molar-refractivity contribution in [2.45, 2.75) is 71.0 Å². The SMILES string of the molecule is Cc1ccc(CN(C)C(C)C(=O)NC2CCCCCC2)cc1. The molecule has 3 heteroatoms. The van der Waals surface area contributed by atoms with Crippen LogP contribution < -0.4 is 5.32 Å². The van der Waals surface area contributed by atoms with Crippen molar-refractivity contribution in [2.24, 2.45) is 0 Å². The molecule has 122 valence electrons. The van der Waals surface area contributed by atoms with Gasteiger partial charge in [0.05, 0.1) is 6.04 Å². The molecule has 2 rings (SSSR count). The number of nitrogens with zero attached hydrogens (tertiary/aromatic N) is 1. The fourth-order valence-corrected chi connectivity index (χ4v) is 3.06. The Kier molecular flexibility index (Phi) is 6.44. The largest absolute Gasteiger partial charge is 0.352 e. The van der Waals surface area contributed by atoms with Gasteiger partial charge in [-0.2, -0.15) is 0 Å². The summed E-state index contributed by atoms with van der Waals surface area (Å²) in [5.74, 6) is 0.168. The van der Waals surface area contributed by atoms with Gasteiger partial charge in [-0.3, -0.25) is 9.69 Å². The van der Waals surface area contributed by atoms with Gasteiger partial charge >= 0.3 is 0 Å². The Balaban J connectivity index is 1.84. The Hall–Kier alpha value is -1.35. The van der Waals surface area contributed by atoms with E-state index in [9.17, 15) is 4.79 Å². The number of rotatable bonds is 5. The summed E-state index contributed by atoms with van der Waals surface area (Å²) in [6.45, 7) is 4.90. The van der Waals surface area contributed by atoms with E-state index in [-0.39, 0.29) is 11.9 Å². The molecular formula is C19H30N2O. The van der Waals surface area contributed by atoms with Gasteiger partial charge in [-0.25, -0.2) is 0 Å². The van der Waals surface area contributed by atoms with Gasteiger partial charge < -0.3 is 5.32 Å². The molecule has 0 radical (unpaired) electrons. The Morgan fingerprint density at radius 2 is 1.77 bits per heavy atom. The highest BCUT2D eigenvalue weighted by molar-refractivity contribution is 5.81. The van der Waals surface area contributed by atoms with Crippen molar-refractivity contribution in [2.75, 3.05) is 7.05 Å². The molecule has 1 aromatic rings. The Morgan fingerprint density at radius 1 is 1.18 bits per heavy atom. The van der Waals surface area contributed by atoms with Crippen LogP contribution in [0.4, 0.5) is 0 Å². The summed E-state index contributed by atoms with van der Waals surface area (Å²) in [7, 11) is 2.02. The second-order valence-corrected chi connectivity index (χ2v) is 6.77. The summed E-state index contributed by atoms with van der Waals surface area (Å²) in [6.07, 6.45) is 7.40. The number of hydrogen-bond acceptors (Lipinski definition) is 2. The number of amides is 1. The fourth-order valence-electron chi connectivity index (χ4n) is 3.06. The van der Waals surface area contributed by atoms with E-state index < -0.39 is 0 Å². The van der Waals surface area contributed by atoms with Crippen molar-refractivity contribution in [1.82, 2.24) is 10.2 Å². The standard InChI is InChI=1S/C19H30N2O/c1-15-10-12-17(13-11-15)14-21(3)16(2)19(22)20-18-8-6-4-5-7-9-18/h10-13,16,18H,4-9,14H2,1-3H3,(H,20,22). The molecule has 0 aromatic heterocycles. The minimum atomic E-state index is -0.0930. The average Bonchev–Trinajstić information content (AvgIpc) is 2.77. The van der Waals surface area contributed by atoms with Crippen LogP contribution in [-0.2, 0) is 11.3 Å². The number of carbonyl (C=O) groups is 1. The molecule has 1 fully saturated rings. The highest BCUT2D eigenvalue weighted by atomic mass is 16.2. The molecule has 0 saturated heterocycles. The van der Waals surface area contributed by atoms with E-state index in [1.54, 1.807) is 0 Å². The number of aryl methyl sites for hydroxylation is 1. The summed E-state index contributed by atoms with van der Waals surface area (Å²) in [5, 5.41) is 3.25. The summed E-state index contributed by atoms with van der Waals surface area (Å²) in [5.41, 5.74) is 2.52. The zero-order chi connectivity index (χ0) is 15.9. The van der Waals surface area contributed by atoms with Crippen LogP contribution in [0, 0.1) is 6.92 Å². The zero-order valence-corrected chi connectivity index (χ0v) is 14.3. The zero-order valence-electron chi connectivity index (χ0n) is 14.3. The Morgan fingerprint density at radius 3 is 2.36 bits per heavy atom. The van der Waals surface area contributed by atoms with Gasteiger partial charge in [0.25, 0.3) is 0 Å². The lowest BCUT2D eigenvalue weighted by Crippen LogP contribution is -2.46. The van der Waals surface area contributed by atoms with Crippen molar-refractivity contribution < 1.29 is 4.79 Å². The molecule has 0 spiro atoms. The highest BCUT2D eigenvalue weighted by Gasteiger charge is 2.21. The van der Waals surface area contributed by atoms with Gasteiger partial charge in [0.2, 0.25) is 5.91 Å². The molecule has 1 aromatic carbocycles. The van der Waals surface area contributed by atoms with Crippen LogP contribution in [-0.4, -0.2) is 29.9 Å². The first-order valence-electron chi connectivity index (χ1n) is 8.62. The van der Waals surface area contributed by atoms with Crippen molar-refractivity contribution in [1.29, 1.82) is 0 Å². The van der Waals surface area contributed by atoms with Crippen molar-refractivity contribution in [3.8, 4) is 0 Å².